The lowest BCUT2D eigenvalue weighted by atomic mass is 10.1. The summed E-state index contributed by atoms with van der Waals surface area (Å²) in [4.78, 5) is 12.1. The number of halogens is 4. The summed E-state index contributed by atoms with van der Waals surface area (Å²) in [6.07, 6.45) is -4.55. The number of carbonyl (C=O) groups excluding carboxylic acids is 1. The summed E-state index contributed by atoms with van der Waals surface area (Å²) in [5.41, 5.74) is -0.600. The molecule has 0 aliphatic carbocycles. The van der Waals surface area contributed by atoms with Gasteiger partial charge >= 0.3 is 6.18 Å². The lowest BCUT2D eigenvalue weighted by Crippen LogP contribution is -2.31. The van der Waals surface area contributed by atoms with Gasteiger partial charge in [-0.1, -0.05) is 42.0 Å². The zero-order valence-corrected chi connectivity index (χ0v) is 14.5. The van der Waals surface area contributed by atoms with Crippen molar-refractivity contribution in [2.24, 2.45) is 5.92 Å². The summed E-state index contributed by atoms with van der Waals surface area (Å²) >= 11 is 11.0. The first-order chi connectivity index (χ1) is 12.2. The number of hydrogen-bond acceptors (Lipinski definition) is 3. The van der Waals surface area contributed by atoms with Crippen LogP contribution in [0.2, 0.25) is 5.02 Å². The third-order valence-corrected chi connectivity index (χ3v) is 3.91. The van der Waals surface area contributed by atoms with Crippen molar-refractivity contribution < 1.29 is 18.0 Å². The maximum Gasteiger partial charge on any atom is 0.416 e. The normalized spacial score (nSPS) is 12.0. The van der Waals surface area contributed by atoms with E-state index in [9.17, 15) is 23.2 Å². The first kappa shape index (κ1) is 19.7. The molecule has 0 spiro atoms. The second kappa shape index (κ2) is 8.17. The van der Waals surface area contributed by atoms with Crippen molar-refractivity contribution in [2.75, 3.05) is 10.6 Å². The van der Waals surface area contributed by atoms with Gasteiger partial charge in [-0.2, -0.15) is 18.4 Å². The summed E-state index contributed by atoms with van der Waals surface area (Å²) in [5, 5.41) is 14.5. The largest absolute Gasteiger partial charge is 0.416 e. The van der Waals surface area contributed by atoms with E-state index < -0.39 is 23.6 Å². The fourth-order valence-corrected chi connectivity index (χ4v) is 2.44. The fraction of sp³-hybridized carbons (Fsp3) is 0.118. The van der Waals surface area contributed by atoms with Gasteiger partial charge in [0.15, 0.2) is 5.92 Å². The number of para-hydroxylation sites is 1. The van der Waals surface area contributed by atoms with Crippen molar-refractivity contribution in [2.45, 2.75) is 6.18 Å². The lowest BCUT2D eigenvalue weighted by molar-refractivity contribution is -0.137. The number of nitrogens with zero attached hydrogens (tertiary/aromatic N) is 1. The van der Waals surface area contributed by atoms with E-state index in [2.05, 4.69) is 10.6 Å². The van der Waals surface area contributed by atoms with Crippen molar-refractivity contribution in [1.29, 1.82) is 5.26 Å². The van der Waals surface area contributed by atoms with Gasteiger partial charge < -0.3 is 10.6 Å². The van der Waals surface area contributed by atoms with Crippen LogP contribution < -0.4 is 10.6 Å². The van der Waals surface area contributed by atoms with Gasteiger partial charge in [-0.25, -0.2) is 0 Å². The molecule has 2 aromatic rings. The maximum absolute atomic E-state index is 12.7. The highest BCUT2D eigenvalue weighted by Crippen LogP contribution is 2.30. The van der Waals surface area contributed by atoms with Gasteiger partial charge in [0.2, 0.25) is 5.91 Å². The Balaban J connectivity index is 2.13. The third kappa shape index (κ3) is 4.94. The van der Waals surface area contributed by atoms with E-state index in [-0.39, 0.29) is 10.7 Å². The molecule has 0 fully saturated rings. The minimum Gasteiger partial charge on any atom is -0.347 e. The van der Waals surface area contributed by atoms with Crippen LogP contribution in [-0.4, -0.2) is 10.9 Å². The summed E-state index contributed by atoms with van der Waals surface area (Å²) in [5.74, 6) is -2.26. The van der Waals surface area contributed by atoms with Crippen LogP contribution in [0.25, 0.3) is 0 Å². The highest BCUT2D eigenvalue weighted by atomic mass is 35.5. The second-order valence-electron chi connectivity index (χ2n) is 5.10. The molecule has 2 rings (SSSR count). The molecule has 0 saturated carbocycles. The number of anilines is 2. The average molecular weight is 398 g/mol. The highest BCUT2D eigenvalue weighted by Gasteiger charge is 2.31. The molecule has 2 N–H and O–H groups in total. The smallest absolute Gasteiger partial charge is 0.347 e. The molecule has 0 aliphatic heterocycles. The van der Waals surface area contributed by atoms with Crippen LogP contribution >= 0.6 is 23.8 Å². The average Bonchev–Trinajstić information content (AvgIpc) is 2.57. The predicted octanol–water partition coefficient (Wildman–Crippen LogP) is 4.88. The van der Waals surface area contributed by atoms with Crippen LogP contribution in [0.4, 0.5) is 24.5 Å². The Morgan fingerprint density at radius 1 is 1.15 bits per heavy atom. The first-order valence-electron chi connectivity index (χ1n) is 7.15. The number of benzene rings is 2. The maximum atomic E-state index is 12.7. The Labute approximate surface area is 157 Å². The molecule has 2 aromatic carbocycles. The zero-order chi connectivity index (χ0) is 19.3. The monoisotopic (exact) mass is 397 g/mol. The first-order valence-corrected chi connectivity index (χ1v) is 7.94. The predicted molar refractivity (Wildman–Crippen MR) is 96.8 cm³/mol. The van der Waals surface area contributed by atoms with Gasteiger partial charge in [-0.05, 0) is 30.3 Å². The number of rotatable bonds is 4. The summed E-state index contributed by atoms with van der Waals surface area (Å²) in [7, 11) is 0. The number of alkyl halides is 3. The fourth-order valence-electron chi connectivity index (χ4n) is 1.99. The van der Waals surface area contributed by atoms with E-state index >= 15 is 0 Å². The summed E-state index contributed by atoms with van der Waals surface area (Å²) in [6.45, 7) is 0. The molecule has 0 bridgehead atoms. The van der Waals surface area contributed by atoms with Crippen molar-refractivity contribution in [3.8, 4) is 6.07 Å². The Hall–Kier alpha value is -2.63. The van der Waals surface area contributed by atoms with Gasteiger partial charge in [-0.3, -0.25) is 4.79 Å². The molecule has 1 atom stereocenters. The molecule has 4 nitrogen and oxygen atoms in total. The third-order valence-electron chi connectivity index (χ3n) is 3.24. The van der Waals surface area contributed by atoms with E-state index in [0.717, 1.165) is 18.2 Å². The topological polar surface area (TPSA) is 64.9 Å². The van der Waals surface area contributed by atoms with Crippen LogP contribution in [0.15, 0.2) is 48.5 Å². The Morgan fingerprint density at radius 2 is 1.85 bits per heavy atom. The highest BCUT2D eigenvalue weighted by molar-refractivity contribution is 7.80. The standard InChI is InChI=1S/C17H11ClF3N3OS/c18-13-6-1-2-7-14(13)24-16(26)12(9-22)15(25)23-11-5-3-4-10(8-11)17(19,20)21/h1-8,12H,(H,23,25)(H,24,26)/t12-/m1/s1. The van der Waals surface area contributed by atoms with Crippen LogP contribution in [0.3, 0.4) is 0 Å². The molecule has 26 heavy (non-hydrogen) atoms. The number of amides is 1. The van der Waals surface area contributed by atoms with Gasteiger partial charge in [0.05, 0.1) is 22.3 Å². The Kier molecular flexibility index (Phi) is 6.18. The number of nitriles is 1. The van der Waals surface area contributed by atoms with Gasteiger partial charge in [0.25, 0.3) is 0 Å². The van der Waals surface area contributed by atoms with E-state index in [1.807, 2.05) is 0 Å². The van der Waals surface area contributed by atoms with Crippen molar-refractivity contribution >= 4 is 46.1 Å². The molecule has 134 valence electrons. The Bertz CT molecular complexity index is 880. The number of thiocarbonyl (C=S) groups is 1. The molecule has 0 aromatic heterocycles. The zero-order valence-electron chi connectivity index (χ0n) is 13.0. The quantitative estimate of drug-likeness (QED) is 0.722. The van der Waals surface area contributed by atoms with Crippen LogP contribution in [-0.2, 0) is 11.0 Å². The molecular formula is C17H11ClF3N3OS. The van der Waals surface area contributed by atoms with Crippen molar-refractivity contribution in [1.82, 2.24) is 0 Å². The minimum atomic E-state index is -4.55. The van der Waals surface area contributed by atoms with Crippen LogP contribution in [0, 0.1) is 17.2 Å². The summed E-state index contributed by atoms with van der Waals surface area (Å²) < 4.78 is 38.2. The second-order valence-corrected chi connectivity index (χ2v) is 5.95. The molecule has 0 aliphatic rings. The van der Waals surface area contributed by atoms with Crippen LogP contribution in [0.5, 0.6) is 0 Å². The minimum absolute atomic E-state index is 0.0920. The van der Waals surface area contributed by atoms with E-state index in [4.69, 9.17) is 23.8 Å². The molecule has 0 unspecified atom stereocenters. The van der Waals surface area contributed by atoms with Crippen molar-refractivity contribution in [3.05, 3.63) is 59.1 Å². The van der Waals surface area contributed by atoms with Gasteiger partial charge in [0.1, 0.15) is 4.99 Å². The Morgan fingerprint density at radius 3 is 2.46 bits per heavy atom. The summed E-state index contributed by atoms with van der Waals surface area (Å²) in [6, 6.07) is 12.4. The SMILES string of the molecule is N#C[C@H](C(=O)Nc1cccc(C(F)(F)F)c1)C(=S)Nc1ccccc1Cl. The van der Waals surface area contributed by atoms with Gasteiger partial charge in [0, 0.05) is 5.69 Å². The van der Waals surface area contributed by atoms with Crippen molar-refractivity contribution in [3.63, 3.8) is 0 Å². The molecular weight excluding hydrogens is 387 g/mol. The lowest BCUT2D eigenvalue weighted by Gasteiger charge is -2.15. The number of hydrogen-bond donors (Lipinski definition) is 2. The number of carbonyl (C=O) groups is 1. The molecule has 0 saturated heterocycles. The molecule has 1 amide bonds. The van der Waals surface area contributed by atoms with Crippen LogP contribution in [0.1, 0.15) is 5.56 Å². The molecule has 9 heteroatoms. The number of nitrogens with one attached hydrogen (secondary N) is 2. The van der Waals surface area contributed by atoms with E-state index in [1.165, 1.54) is 6.07 Å². The molecule has 0 radical (unpaired) electrons. The van der Waals surface area contributed by atoms with Gasteiger partial charge in [-0.15, -0.1) is 0 Å². The van der Waals surface area contributed by atoms with E-state index in [1.54, 1.807) is 30.3 Å². The molecule has 0 heterocycles. The van der Waals surface area contributed by atoms with E-state index in [0.29, 0.717) is 10.7 Å².